The molecule has 1 aliphatic heterocycles. The van der Waals surface area contributed by atoms with Crippen molar-refractivity contribution in [2.45, 2.75) is 52.1 Å². The molecule has 4 rings (SSSR count). The molecule has 1 N–H and O–H groups in total. The summed E-state index contributed by atoms with van der Waals surface area (Å²) < 4.78 is 7.54. The van der Waals surface area contributed by atoms with Gasteiger partial charge in [-0.25, -0.2) is 0 Å². The van der Waals surface area contributed by atoms with E-state index in [2.05, 4.69) is 9.88 Å². The van der Waals surface area contributed by atoms with Gasteiger partial charge in [-0.1, -0.05) is 0 Å². The van der Waals surface area contributed by atoms with Gasteiger partial charge in [-0.15, -0.1) is 0 Å². The molecule has 2 aromatic heterocycles. The third-order valence-corrected chi connectivity index (χ3v) is 5.78. The average Bonchev–Trinajstić information content (AvgIpc) is 3.32. The maximum absolute atomic E-state index is 12.8. The van der Waals surface area contributed by atoms with E-state index in [1.54, 1.807) is 6.26 Å². The van der Waals surface area contributed by atoms with E-state index in [9.17, 15) is 9.59 Å². The predicted octanol–water partition coefficient (Wildman–Crippen LogP) is 2.88. The first-order valence-electron chi connectivity index (χ1n) is 9.81. The summed E-state index contributed by atoms with van der Waals surface area (Å²) >= 11 is 0. The number of hydrogen-bond donors (Lipinski definition) is 1. The Bertz CT molecular complexity index is 825. The van der Waals surface area contributed by atoms with E-state index < -0.39 is 0 Å². The number of rotatable bonds is 5. The number of carbonyl (C=O) groups is 2. The monoisotopic (exact) mass is 369 g/mol. The van der Waals surface area contributed by atoms with Crippen LogP contribution in [0.2, 0.25) is 0 Å². The minimum Gasteiger partial charge on any atom is -0.467 e. The SMILES string of the molecule is Cc1cc(C(=O)NC2CCN(C(=O)C3CC3)CC2)c(C)n1Cc1ccco1. The van der Waals surface area contributed by atoms with Crippen LogP contribution in [0, 0.1) is 19.8 Å². The third kappa shape index (κ3) is 3.80. The smallest absolute Gasteiger partial charge is 0.253 e. The van der Waals surface area contributed by atoms with E-state index in [4.69, 9.17) is 4.42 Å². The first kappa shape index (κ1) is 17.9. The summed E-state index contributed by atoms with van der Waals surface area (Å²) in [5.41, 5.74) is 2.71. The van der Waals surface area contributed by atoms with Gasteiger partial charge in [-0.2, -0.15) is 0 Å². The van der Waals surface area contributed by atoms with Crippen LogP contribution in [0.1, 0.15) is 53.2 Å². The van der Waals surface area contributed by atoms with Crippen LogP contribution in [-0.2, 0) is 11.3 Å². The fraction of sp³-hybridized carbons (Fsp3) is 0.524. The highest BCUT2D eigenvalue weighted by Gasteiger charge is 2.35. The molecule has 2 aromatic rings. The third-order valence-electron chi connectivity index (χ3n) is 5.78. The average molecular weight is 369 g/mol. The number of amides is 2. The Hall–Kier alpha value is -2.50. The second-order valence-electron chi connectivity index (χ2n) is 7.80. The Morgan fingerprint density at radius 3 is 2.56 bits per heavy atom. The molecule has 0 bridgehead atoms. The molecular formula is C21H27N3O3. The van der Waals surface area contributed by atoms with Gasteiger partial charge >= 0.3 is 0 Å². The van der Waals surface area contributed by atoms with Gasteiger partial charge in [0.05, 0.1) is 18.4 Å². The molecular weight excluding hydrogens is 342 g/mol. The molecule has 27 heavy (non-hydrogen) atoms. The van der Waals surface area contributed by atoms with Gasteiger partial charge in [0.15, 0.2) is 0 Å². The van der Waals surface area contributed by atoms with Crippen LogP contribution in [0.5, 0.6) is 0 Å². The topological polar surface area (TPSA) is 67.5 Å². The van der Waals surface area contributed by atoms with Crippen molar-refractivity contribution in [1.29, 1.82) is 0 Å². The summed E-state index contributed by atoms with van der Waals surface area (Å²) in [6.45, 7) is 6.10. The number of nitrogens with one attached hydrogen (secondary N) is 1. The lowest BCUT2D eigenvalue weighted by Crippen LogP contribution is -2.47. The van der Waals surface area contributed by atoms with Crippen LogP contribution < -0.4 is 5.32 Å². The van der Waals surface area contributed by atoms with Crippen molar-refractivity contribution in [3.05, 3.63) is 47.2 Å². The Kier molecular flexibility index (Phi) is 4.81. The predicted molar refractivity (Wildman–Crippen MR) is 102 cm³/mol. The first-order valence-corrected chi connectivity index (χ1v) is 9.81. The molecule has 2 aliphatic rings. The van der Waals surface area contributed by atoms with Gasteiger partial charge in [0.2, 0.25) is 5.91 Å². The van der Waals surface area contributed by atoms with Gasteiger partial charge in [-0.3, -0.25) is 9.59 Å². The maximum Gasteiger partial charge on any atom is 0.253 e. The molecule has 0 aromatic carbocycles. The minimum absolute atomic E-state index is 0.0271. The summed E-state index contributed by atoms with van der Waals surface area (Å²) in [7, 11) is 0. The number of likely N-dealkylation sites (tertiary alicyclic amines) is 1. The fourth-order valence-corrected chi connectivity index (χ4v) is 3.93. The first-order chi connectivity index (χ1) is 13.0. The van der Waals surface area contributed by atoms with Gasteiger partial charge in [0.1, 0.15) is 5.76 Å². The van der Waals surface area contributed by atoms with Gasteiger partial charge in [0.25, 0.3) is 5.91 Å². The molecule has 1 saturated carbocycles. The zero-order chi connectivity index (χ0) is 19.0. The van der Waals surface area contributed by atoms with Crippen LogP contribution in [-0.4, -0.2) is 40.4 Å². The lowest BCUT2D eigenvalue weighted by atomic mass is 10.0. The Morgan fingerprint density at radius 2 is 1.93 bits per heavy atom. The van der Waals surface area contributed by atoms with Crippen LogP contribution >= 0.6 is 0 Å². The Balaban J connectivity index is 1.36. The second-order valence-corrected chi connectivity index (χ2v) is 7.80. The number of carbonyl (C=O) groups excluding carboxylic acids is 2. The van der Waals surface area contributed by atoms with Crippen molar-refractivity contribution >= 4 is 11.8 Å². The summed E-state index contributed by atoms with van der Waals surface area (Å²) in [6.07, 6.45) is 5.41. The van der Waals surface area contributed by atoms with Crippen molar-refractivity contribution in [1.82, 2.24) is 14.8 Å². The molecule has 0 unspecified atom stereocenters. The number of aryl methyl sites for hydroxylation is 1. The van der Waals surface area contributed by atoms with Gasteiger partial charge < -0.3 is 19.2 Å². The minimum atomic E-state index is -0.0271. The number of aromatic nitrogens is 1. The fourth-order valence-electron chi connectivity index (χ4n) is 3.93. The molecule has 2 amide bonds. The molecule has 1 aliphatic carbocycles. The van der Waals surface area contributed by atoms with Crippen LogP contribution in [0.15, 0.2) is 28.9 Å². The lowest BCUT2D eigenvalue weighted by molar-refractivity contribution is -0.133. The Morgan fingerprint density at radius 1 is 1.19 bits per heavy atom. The Labute approximate surface area is 159 Å². The zero-order valence-electron chi connectivity index (χ0n) is 16.0. The maximum atomic E-state index is 12.8. The molecule has 0 atom stereocenters. The van der Waals surface area contributed by atoms with Gasteiger partial charge in [-0.05, 0) is 57.7 Å². The second kappa shape index (κ2) is 7.25. The van der Waals surface area contributed by atoms with E-state index >= 15 is 0 Å². The standard InChI is InChI=1S/C21H27N3O3/c1-14-12-19(15(2)24(14)13-18-4-3-11-27-18)20(25)22-17-7-9-23(10-8-17)21(26)16-5-6-16/h3-4,11-12,16-17H,5-10,13H2,1-2H3,(H,22,25). The highest BCUT2D eigenvalue weighted by Crippen LogP contribution is 2.32. The van der Waals surface area contributed by atoms with Crippen LogP contribution in [0.4, 0.5) is 0 Å². The highest BCUT2D eigenvalue weighted by molar-refractivity contribution is 5.96. The summed E-state index contributed by atoms with van der Waals surface area (Å²) in [5.74, 6) is 1.43. The molecule has 0 spiro atoms. The number of furan rings is 1. The van der Waals surface area contributed by atoms with Crippen LogP contribution in [0.25, 0.3) is 0 Å². The molecule has 6 nitrogen and oxygen atoms in total. The van der Waals surface area contributed by atoms with E-state index in [0.717, 1.165) is 61.5 Å². The van der Waals surface area contributed by atoms with Gasteiger partial charge in [0, 0.05) is 36.4 Å². The molecule has 1 saturated heterocycles. The van der Waals surface area contributed by atoms with Crippen molar-refractivity contribution in [2.75, 3.05) is 13.1 Å². The van der Waals surface area contributed by atoms with E-state index in [0.29, 0.717) is 12.5 Å². The quantitative estimate of drug-likeness (QED) is 0.881. The van der Waals surface area contributed by atoms with Crippen molar-refractivity contribution in [2.24, 2.45) is 5.92 Å². The van der Waals surface area contributed by atoms with Crippen molar-refractivity contribution in [3.8, 4) is 0 Å². The summed E-state index contributed by atoms with van der Waals surface area (Å²) in [6, 6.07) is 5.89. The summed E-state index contributed by atoms with van der Waals surface area (Å²) in [5, 5.41) is 3.17. The van der Waals surface area contributed by atoms with Crippen molar-refractivity contribution in [3.63, 3.8) is 0 Å². The number of piperidine rings is 1. The number of nitrogens with zero attached hydrogens (tertiary/aromatic N) is 2. The molecule has 3 heterocycles. The molecule has 0 radical (unpaired) electrons. The van der Waals surface area contributed by atoms with Crippen molar-refractivity contribution < 1.29 is 14.0 Å². The lowest BCUT2D eigenvalue weighted by Gasteiger charge is -2.32. The highest BCUT2D eigenvalue weighted by atomic mass is 16.3. The largest absolute Gasteiger partial charge is 0.467 e. The van der Waals surface area contributed by atoms with E-state index in [1.165, 1.54) is 0 Å². The number of hydrogen-bond acceptors (Lipinski definition) is 3. The molecule has 144 valence electrons. The van der Waals surface area contributed by atoms with Crippen LogP contribution in [0.3, 0.4) is 0 Å². The zero-order valence-corrected chi connectivity index (χ0v) is 16.0. The van der Waals surface area contributed by atoms with E-state index in [1.807, 2.05) is 36.9 Å². The van der Waals surface area contributed by atoms with E-state index in [-0.39, 0.29) is 17.9 Å². The normalized spacial score (nSPS) is 17.9. The summed E-state index contributed by atoms with van der Waals surface area (Å²) in [4.78, 5) is 26.9. The molecule has 2 fully saturated rings. The molecule has 6 heteroatoms.